The third kappa shape index (κ3) is 2.94. The third-order valence-corrected chi connectivity index (χ3v) is 6.32. The number of aryl methyl sites for hydroxylation is 1. The van der Waals surface area contributed by atoms with Gasteiger partial charge in [-0.25, -0.2) is 8.42 Å². The average Bonchev–Trinajstić information content (AvgIpc) is 2.45. The molecule has 3 rings (SSSR count). The average molecular weight is 308 g/mol. The Morgan fingerprint density at radius 3 is 2.62 bits per heavy atom. The molecule has 1 aromatic carbocycles. The van der Waals surface area contributed by atoms with Gasteiger partial charge in [0.1, 0.15) is 0 Å². The summed E-state index contributed by atoms with van der Waals surface area (Å²) >= 11 is 0. The van der Waals surface area contributed by atoms with Gasteiger partial charge in [0.05, 0.1) is 4.90 Å². The summed E-state index contributed by atoms with van der Waals surface area (Å²) in [5.41, 5.74) is 2.21. The van der Waals surface area contributed by atoms with E-state index >= 15 is 0 Å². The van der Waals surface area contributed by atoms with E-state index in [1.54, 1.807) is 10.4 Å². The molecule has 2 aliphatic heterocycles. The maximum atomic E-state index is 12.9. The molecule has 21 heavy (non-hydrogen) atoms. The van der Waals surface area contributed by atoms with E-state index in [-0.39, 0.29) is 0 Å². The lowest BCUT2D eigenvalue weighted by Gasteiger charge is -2.34. The number of rotatable bonds is 2. The Hall–Kier alpha value is -1.07. The number of nitrogens with one attached hydrogen (secondary N) is 1. The summed E-state index contributed by atoms with van der Waals surface area (Å²) in [5.74, 6) is 0.860. The standard InChI is InChI=1S/C16H24N2O2S/c1-12-8-13(2)11-18(10-12)21(19,20)15-6-5-14-4-3-7-17-16(14)9-15/h5-6,9,12-13,17H,3-4,7-8,10-11H2,1-2H3. The number of hydrogen-bond acceptors (Lipinski definition) is 3. The number of sulfonamides is 1. The molecule has 2 atom stereocenters. The van der Waals surface area contributed by atoms with E-state index in [0.29, 0.717) is 29.8 Å². The molecule has 1 fully saturated rings. The molecule has 0 saturated carbocycles. The van der Waals surface area contributed by atoms with E-state index in [1.165, 1.54) is 5.56 Å². The first kappa shape index (κ1) is 14.9. The molecule has 1 saturated heterocycles. The van der Waals surface area contributed by atoms with Gasteiger partial charge in [-0.05, 0) is 48.8 Å². The minimum atomic E-state index is -3.37. The Kier molecular flexibility index (Phi) is 3.97. The van der Waals surface area contributed by atoms with E-state index in [9.17, 15) is 8.42 Å². The second kappa shape index (κ2) is 5.61. The van der Waals surface area contributed by atoms with Crippen LogP contribution >= 0.6 is 0 Å². The summed E-state index contributed by atoms with van der Waals surface area (Å²) in [6.45, 7) is 6.46. The van der Waals surface area contributed by atoms with Crippen LogP contribution in [0.25, 0.3) is 0 Å². The van der Waals surface area contributed by atoms with Gasteiger partial charge in [-0.1, -0.05) is 19.9 Å². The van der Waals surface area contributed by atoms with E-state index < -0.39 is 10.0 Å². The van der Waals surface area contributed by atoms with Crippen molar-refractivity contribution in [2.24, 2.45) is 11.8 Å². The fourth-order valence-electron chi connectivity index (χ4n) is 3.55. The summed E-state index contributed by atoms with van der Waals surface area (Å²) in [4.78, 5) is 0.428. The highest BCUT2D eigenvalue weighted by Crippen LogP contribution is 2.30. The summed E-state index contributed by atoms with van der Waals surface area (Å²) in [6, 6.07) is 5.55. The van der Waals surface area contributed by atoms with Gasteiger partial charge >= 0.3 is 0 Å². The lowest BCUT2D eigenvalue weighted by molar-refractivity contribution is 0.222. The summed E-state index contributed by atoms with van der Waals surface area (Å²) < 4.78 is 27.4. The molecule has 116 valence electrons. The van der Waals surface area contributed by atoms with Crippen molar-refractivity contribution in [1.82, 2.24) is 4.31 Å². The Labute approximate surface area is 127 Å². The molecule has 0 bridgehead atoms. The predicted molar refractivity (Wildman–Crippen MR) is 85.0 cm³/mol. The second-order valence-corrected chi connectivity index (χ2v) is 8.56. The number of nitrogens with zero attached hydrogens (tertiary/aromatic N) is 1. The molecule has 2 aliphatic rings. The van der Waals surface area contributed by atoms with Crippen molar-refractivity contribution in [3.8, 4) is 0 Å². The lowest BCUT2D eigenvalue weighted by Crippen LogP contribution is -2.42. The van der Waals surface area contributed by atoms with Gasteiger partial charge in [0.15, 0.2) is 0 Å². The summed E-state index contributed by atoms with van der Waals surface area (Å²) in [5, 5.41) is 3.31. The second-order valence-electron chi connectivity index (χ2n) is 6.62. The normalized spacial score (nSPS) is 27.0. The molecular weight excluding hydrogens is 284 g/mol. The SMILES string of the molecule is CC1CC(C)CN(S(=O)(=O)c2ccc3c(c2)NCCC3)C1. The van der Waals surface area contributed by atoms with E-state index in [0.717, 1.165) is 31.5 Å². The van der Waals surface area contributed by atoms with E-state index in [1.807, 2.05) is 12.1 Å². The quantitative estimate of drug-likeness (QED) is 0.914. The molecule has 0 radical (unpaired) electrons. The van der Waals surface area contributed by atoms with Crippen molar-refractivity contribution in [3.05, 3.63) is 23.8 Å². The lowest BCUT2D eigenvalue weighted by atomic mass is 9.94. The van der Waals surface area contributed by atoms with Crippen LogP contribution in [0.5, 0.6) is 0 Å². The monoisotopic (exact) mass is 308 g/mol. The van der Waals surface area contributed by atoms with Gasteiger partial charge in [-0.15, -0.1) is 0 Å². The molecule has 0 spiro atoms. The fourth-order valence-corrected chi connectivity index (χ4v) is 5.26. The molecule has 0 aliphatic carbocycles. The topological polar surface area (TPSA) is 49.4 Å². The van der Waals surface area contributed by atoms with Crippen molar-refractivity contribution in [2.45, 2.75) is 38.0 Å². The number of fused-ring (bicyclic) bond motifs is 1. The Morgan fingerprint density at radius 1 is 1.19 bits per heavy atom. The number of anilines is 1. The maximum Gasteiger partial charge on any atom is 0.243 e. The van der Waals surface area contributed by atoms with Crippen molar-refractivity contribution < 1.29 is 8.42 Å². The van der Waals surface area contributed by atoms with Crippen LogP contribution in [-0.2, 0) is 16.4 Å². The van der Waals surface area contributed by atoms with Crippen molar-refractivity contribution in [1.29, 1.82) is 0 Å². The number of piperidine rings is 1. The Morgan fingerprint density at radius 2 is 1.90 bits per heavy atom. The predicted octanol–water partition coefficient (Wildman–Crippen LogP) is 2.71. The first-order valence-electron chi connectivity index (χ1n) is 7.84. The molecular formula is C16H24N2O2S. The number of benzene rings is 1. The van der Waals surface area contributed by atoms with Crippen LogP contribution in [0.4, 0.5) is 5.69 Å². The molecule has 0 amide bonds. The Balaban J connectivity index is 1.91. The van der Waals surface area contributed by atoms with Crippen LogP contribution in [0, 0.1) is 11.8 Å². The highest BCUT2D eigenvalue weighted by Gasteiger charge is 2.32. The zero-order valence-corrected chi connectivity index (χ0v) is 13.6. The zero-order valence-electron chi connectivity index (χ0n) is 12.8. The van der Waals surface area contributed by atoms with Gasteiger partial charge in [0.2, 0.25) is 10.0 Å². The van der Waals surface area contributed by atoms with Gasteiger partial charge in [0, 0.05) is 25.3 Å². The third-order valence-electron chi connectivity index (χ3n) is 4.49. The molecule has 4 nitrogen and oxygen atoms in total. The smallest absolute Gasteiger partial charge is 0.243 e. The van der Waals surface area contributed by atoms with E-state index in [2.05, 4.69) is 19.2 Å². The van der Waals surface area contributed by atoms with E-state index in [4.69, 9.17) is 0 Å². The fraction of sp³-hybridized carbons (Fsp3) is 0.625. The minimum Gasteiger partial charge on any atom is -0.385 e. The molecule has 0 aromatic heterocycles. The summed E-state index contributed by atoms with van der Waals surface area (Å²) in [7, 11) is -3.37. The van der Waals surface area contributed by atoms with Crippen LogP contribution in [0.1, 0.15) is 32.3 Å². The first-order chi connectivity index (χ1) is 9.96. The summed E-state index contributed by atoms with van der Waals surface area (Å²) in [6.07, 6.45) is 3.25. The van der Waals surface area contributed by atoms with Crippen LogP contribution in [0.3, 0.4) is 0 Å². The van der Waals surface area contributed by atoms with Gasteiger partial charge < -0.3 is 5.32 Å². The number of hydrogen-bond donors (Lipinski definition) is 1. The van der Waals surface area contributed by atoms with Gasteiger partial charge in [-0.3, -0.25) is 0 Å². The van der Waals surface area contributed by atoms with Gasteiger partial charge in [-0.2, -0.15) is 4.31 Å². The van der Waals surface area contributed by atoms with Crippen molar-refractivity contribution in [2.75, 3.05) is 25.0 Å². The molecule has 2 unspecified atom stereocenters. The highest BCUT2D eigenvalue weighted by atomic mass is 32.2. The molecule has 1 N–H and O–H groups in total. The zero-order chi connectivity index (χ0) is 15.0. The Bertz CT molecular complexity index is 617. The molecule has 5 heteroatoms. The van der Waals surface area contributed by atoms with Gasteiger partial charge in [0.25, 0.3) is 0 Å². The van der Waals surface area contributed by atoms with Crippen LogP contribution < -0.4 is 5.32 Å². The minimum absolute atomic E-state index is 0.428. The first-order valence-corrected chi connectivity index (χ1v) is 9.28. The van der Waals surface area contributed by atoms with Crippen molar-refractivity contribution in [3.63, 3.8) is 0 Å². The van der Waals surface area contributed by atoms with Crippen LogP contribution in [0.15, 0.2) is 23.1 Å². The van der Waals surface area contributed by atoms with Crippen molar-refractivity contribution >= 4 is 15.7 Å². The maximum absolute atomic E-state index is 12.9. The largest absolute Gasteiger partial charge is 0.385 e. The van der Waals surface area contributed by atoms with Crippen LogP contribution in [0.2, 0.25) is 0 Å². The molecule has 2 heterocycles. The molecule has 1 aromatic rings. The highest BCUT2D eigenvalue weighted by molar-refractivity contribution is 7.89. The van der Waals surface area contributed by atoms with Crippen LogP contribution in [-0.4, -0.2) is 32.4 Å².